The molecule has 0 spiro atoms. The summed E-state index contributed by atoms with van der Waals surface area (Å²) in [6.45, 7) is 4.09. The van der Waals surface area contributed by atoms with E-state index in [1.165, 1.54) is 21.9 Å². The summed E-state index contributed by atoms with van der Waals surface area (Å²) in [5, 5.41) is 14.8. The summed E-state index contributed by atoms with van der Waals surface area (Å²) in [5.74, 6) is 0.443. The number of rotatable bonds is 5. The molecule has 0 unspecified atom stereocenters. The molecule has 7 nitrogen and oxygen atoms in total. The van der Waals surface area contributed by atoms with Gasteiger partial charge in [-0.2, -0.15) is 5.10 Å². The predicted molar refractivity (Wildman–Crippen MR) is 110 cm³/mol. The molecule has 3 aromatic rings. The molecule has 0 fully saturated rings. The Morgan fingerprint density at radius 3 is 2.73 bits per heavy atom. The first kappa shape index (κ1) is 18.1. The second-order valence-electron chi connectivity index (χ2n) is 5.67. The molecule has 3 rings (SSSR count). The van der Waals surface area contributed by atoms with Crippen LogP contribution in [0.1, 0.15) is 17.0 Å². The van der Waals surface area contributed by atoms with Gasteiger partial charge in [-0.05, 0) is 66.8 Å². The number of pyridine rings is 1. The topological polar surface area (TPSA) is 85.3 Å². The lowest BCUT2D eigenvalue weighted by Crippen LogP contribution is -2.00. The maximum absolute atomic E-state index is 10.6. The van der Waals surface area contributed by atoms with E-state index in [1.807, 2.05) is 13.0 Å². The second-order valence-corrected chi connectivity index (χ2v) is 6.92. The fraction of sp³-hybridized carbons (Fsp3) is 0.111. The molecule has 1 N–H and O–H groups in total. The fourth-order valence-electron chi connectivity index (χ4n) is 2.66. The van der Waals surface area contributed by atoms with Crippen molar-refractivity contribution in [1.29, 1.82) is 0 Å². The number of nitrogens with one attached hydrogen (secondary N) is 1. The minimum Gasteiger partial charge on any atom is -0.318 e. The minimum absolute atomic E-state index is 0.0550. The molecule has 0 saturated heterocycles. The van der Waals surface area contributed by atoms with Gasteiger partial charge in [0.2, 0.25) is 0 Å². The molecule has 0 aliphatic carbocycles. The van der Waals surface area contributed by atoms with Gasteiger partial charge in [0.1, 0.15) is 12.0 Å². The SMILES string of the molecule is Cc1cc(/C=N\Nc2ccc([N+](=O)[O-])cn2)c(C)n1-c1cccc(I)c1. The number of nitro groups is 1. The first-order valence-corrected chi connectivity index (χ1v) is 8.88. The van der Waals surface area contributed by atoms with Gasteiger partial charge in [0.25, 0.3) is 5.69 Å². The highest BCUT2D eigenvalue weighted by Crippen LogP contribution is 2.21. The number of anilines is 1. The van der Waals surface area contributed by atoms with E-state index >= 15 is 0 Å². The predicted octanol–water partition coefficient (Wildman–Crippen LogP) is 4.45. The summed E-state index contributed by atoms with van der Waals surface area (Å²) < 4.78 is 3.35. The van der Waals surface area contributed by atoms with Crippen LogP contribution in [0.25, 0.3) is 5.69 Å². The van der Waals surface area contributed by atoms with Crippen LogP contribution in [-0.2, 0) is 0 Å². The Kier molecular flexibility index (Phi) is 5.31. The van der Waals surface area contributed by atoms with Gasteiger partial charge in [-0.1, -0.05) is 6.07 Å². The normalized spacial score (nSPS) is 11.0. The molecular formula is C18H16IN5O2. The van der Waals surface area contributed by atoms with Crippen LogP contribution < -0.4 is 5.43 Å². The highest BCUT2D eigenvalue weighted by molar-refractivity contribution is 14.1. The number of hydrogen-bond acceptors (Lipinski definition) is 5. The van der Waals surface area contributed by atoms with E-state index in [-0.39, 0.29) is 5.69 Å². The second kappa shape index (κ2) is 7.65. The minimum atomic E-state index is -0.486. The van der Waals surface area contributed by atoms with E-state index in [9.17, 15) is 10.1 Å². The van der Waals surface area contributed by atoms with Crippen molar-refractivity contribution in [2.24, 2.45) is 5.10 Å². The molecule has 132 valence electrons. The van der Waals surface area contributed by atoms with Gasteiger partial charge in [0.05, 0.1) is 11.1 Å². The van der Waals surface area contributed by atoms with Crippen LogP contribution in [0.3, 0.4) is 0 Å². The number of aryl methyl sites for hydroxylation is 1. The monoisotopic (exact) mass is 461 g/mol. The standard InChI is InChI=1S/C18H16IN5O2/c1-12-8-14(13(2)23(12)16-5-3-4-15(19)9-16)10-21-22-18-7-6-17(11-20-18)24(25)26/h3-11H,1-2H3,(H,20,22)/b21-10-. The van der Waals surface area contributed by atoms with E-state index in [2.05, 4.69) is 73.9 Å². The summed E-state index contributed by atoms with van der Waals surface area (Å²) in [7, 11) is 0. The van der Waals surface area contributed by atoms with Gasteiger partial charge in [0.15, 0.2) is 0 Å². The van der Waals surface area contributed by atoms with E-state index in [0.29, 0.717) is 5.82 Å². The zero-order valence-corrected chi connectivity index (χ0v) is 16.3. The Morgan fingerprint density at radius 2 is 2.08 bits per heavy atom. The Hall–Kier alpha value is -2.75. The molecule has 0 aliphatic heterocycles. The van der Waals surface area contributed by atoms with Crippen molar-refractivity contribution in [1.82, 2.24) is 9.55 Å². The Bertz CT molecular complexity index is 980. The summed E-state index contributed by atoms with van der Waals surface area (Å²) in [6, 6.07) is 13.2. The molecule has 0 atom stereocenters. The average Bonchev–Trinajstić information content (AvgIpc) is 2.89. The van der Waals surface area contributed by atoms with Gasteiger partial charge in [-0.25, -0.2) is 4.98 Å². The van der Waals surface area contributed by atoms with Crippen molar-refractivity contribution in [3.8, 4) is 5.69 Å². The van der Waals surface area contributed by atoms with Crippen molar-refractivity contribution < 1.29 is 4.92 Å². The summed E-state index contributed by atoms with van der Waals surface area (Å²) in [5.41, 5.74) is 7.01. The van der Waals surface area contributed by atoms with Gasteiger partial charge >= 0.3 is 0 Å². The first-order chi connectivity index (χ1) is 12.5. The number of benzene rings is 1. The van der Waals surface area contributed by atoms with Crippen LogP contribution in [0.4, 0.5) is 11.5 Å². The van der Waals surface area contributed by atoms with Crippen LogP contribution in [0.2, 0.25) is 0 Å². The highest BCUT2D eigenvalue weighted by Gasteiger charge is 2.10. The molecule has 1 aromatic carbocycles. The third-order valence-electron chi connectivity index (χ3n) is 3.88. The number of hydrazone groups is 1. The van der Waals surface area contributed by atoms with Crippen molar-refractivity contribution in [3.63, 3.8) is 0 Å². The van der Waals surface area contributed by atoms with Gasteiger partial charge in [-0.15, -0.1) is 0 Å². The largest absolute Gasteiger partial charge is 0.318 e. The summed E-state index contributed by atoms with van der Waals surface area (Å²) in [4.78, 5) is 14.1. The van der Waals surface area contributed by atoms with Crippen LogP contribution in [-0.4, -0.2) is 20.7 Å². The number of halogens is 1. The number of aromatic nitrogens is 2. The molecular weight excluding hydrogens is 445 g/mol. The van der Waals surface area contributed by atoms with Crippen molar-refractivity contribution >= 4 is 40.3 Å². The molecule has 2 heterocycles. The Morgan fingerprint density at radius 1 is 1.27 bits per heavy atom. The van der Waals surface area contributed by atoms with Gasteiger partial charge < -0.3 is 4.57 Å². The average molecular weight is 461 g/mol. The van der Waals surface area contributed by atoms with E-state index < -0.39 is 4.92 Å². The lowest BCUT2D eigenvalue weighted by molar-refractivity contribution is -0.385. The van der Waals surface area contributed by atoms with Crippen LogP contribution in [0.15, 0.2) is 53.8 Å². The smallest absolute Gasteiger partial charge is 0.287 e. The fourth-order valence-corrected chi connectivity index (χ4v) is 3.19. The molecule has 8 heteroatoms. The van der Waals surface area contributed by atoms with E-state index in [4.69, 9.17) is 0 Å². The summed E-state index contributed by atoms with van der Waals surface area (Å²) in [6.07, 6.45) is 2.91. The molecule has 0 radical (unpaired) electrons. The third kappa shape index (κ3) is 3.90. The molecule has 0 bridgehead atoms. The summed E-state index contributed by atoms with van der Waals surface area (Å²) >= 11 is 2.30. The lowest BCUT2D eigenvalue weighted by Gasteiger charge is -2.09. The van der Waals surface area contributed by atoms with Crippen LogP contribution >= 0.6 is 22.6 Å². The molecule has 0 aliphatic rings. The zero-order chi connectivity index (χ0) is 18.7. The molecule has 0 amide bonds. The van der Waals surface area contributed by atoms with Crippen molar-refractivity contribution in [2.45, 2.75) is 13.8 Å². The highest BCUT2D eigenvalue weighted by atomic mass is 127. The number of hydrogen-bond donors (Lipinski definition) is 1. The number of nitrogens with zero attached hydrogens (tertiary/aromatic N) is 4. The Labute approximate surface area is 164 Å². The molecule has 2 aromatic heterocycles. The van der Waals surface area contributed by atoms with E-state index in [0.717, 1.165) is 22.6 Å². The van der Waals surface area contributed by atoms with Crippen LogP contribution in [0.5, 0.6) is 0 Å². The molecule has 0 saturated carbocycles. The van der Waals surface area contributed by atoms with Crippen LogP contribution in [0, 0.1) is 27.5 Å². The lowest BCUT2D eigenvalue weighted by atomic mass is 10.2. The maximum atomic E-state index is 10.6. The van der Waals surface area contributed by atoms with Gasteiger partial charge in [-0.3, -0.25) is 15.5 Å². The van der Waals surface area contributed by atoms with Gasteiger partial charge in [0, 0.05) is 32.3 Å². The Balaban J connectivity index is 1.79. The van der Waals surface area contributed by atoms with Crippen molar-refractivity contribution in [2.75, 3.05) is 5.43 Å². The molecule has 26 heavy (non-hydrogen) atoms. The zero-order valence-electron chi connectivity index (χ0n) is 14.2. The maximum Gasteiger partial charge on any atom is 0.287 e. The van der Waals surface area contributed by atoms with Crippen molar-refractivity contribution in [3.05, 3.63) is 79.3 Å². The van der Waals surface area contributed by atoms with E-state index in [1.54, 1.807) is 6.21 Å². The third-order valence-corrected chi connectivity index (χ3v) is 4.55. The quantitative estimate of drug-likeness (QED) is 0.263. The first-order valence-electron chi connectivity index (χ1n) is 7.80.